The summed E-state index contributed by atoms with van der Waals surface area (Å²) in [4.78, 5) is 12.4. The first kappa shape index (κ1) is 10.0. The first-order valence-electron chi connectivity index (χ1n) is 6.12. The molecule has 0 aromatic heterocycles. The maximum absolute atomic E-state index is 12.4. The molecule has 3 rings (SSSR count). The Balaban J connectivity index is 1.86. The summed E-state index contributed by atoms with van der Waals surface area (Å²) < 4.78 is 0. The van der Waals surface area contributed by atoms with E-state index in [4.69, 9.17) is 5.73 Å². The maximum Gasteiger partial charge on any atom is 0.167 e. The predicted octanol–water partition coefficient (Wildman–Crippen LogP) is 2.24. The van der Waals surface area contributed by atoms with Crippen molar-refractivity contribution in [2.45, 2.75) is 25.3 Å². The highest BCUT2D eigenvalue weighted by Crippen LogP contribution is 2.48. The van der Waals surface area contributed by atoms with Gasteiger partial charge in [-0.05, 0) is 31.1 Å². The van der Waals surface area contributed by atoms with Gasteiger partial charge >= 0.3 is 0 Å². The molecule has 0 radical (unpaired) electrons. The van der Waals surface area contributed by atoms with E-state index < -0.39 is 0 Å². The van der Waals surface area contributed by atoms with Gasteiger partial charge in [0, 0.05) is 17.5 Å². The molecule has 0 saturated heterocycles. The number of fused-ring (bicyclic) bond motifs is 2. The first-order chi connectivity index (χ1) is 7.77. The lowest BCUT2D eigenvalue weighted by molar-refractivity contribution is 0.0856. The van der Waals surface area contributed by atoms with Crippen molar-refractivity contribution in [2.75, 3.05) is 0 Å². The molecule has 2 fully saturated rings. The van der Waals surface area contributed by atoms with Gasteiger partial charge in [-0.1, -0.05) is 30.3 Å². The van der Waals surface area contributed by atoms with Crippen molar-refractivity contribution in [2.24, 2.45) is 23.5 Å². The van der Waals surface area contributed by atoms with Crippen LogP contribution in [0, 0.1) is 17.8 Å². The molecule has 84 valence electrons. The predicted molar refractivity (Wildman–Crippen MR) is 63.1 cm³/mol. The van der Waals surface area contributed by atoms with Crippen molar-refractivity contribution >= 4 is 5.78 Å². The van der Waals surface area contributed by atoms with Gasteiger partial charge in [-0.3, -0.25) is 4.79 Å². The Hall–Kier alpha value is -1.15. The molecule has 2 aliphatic rings. The summed E-state index contributed by atoms with van der Waals surface area (Å²) in [7, 11) is 0. The highest BCUT2D eigenvalue weighted by molar-refractivity contribution is 5.98. The zero-order chi connectivity index (χ0) is 11.1. The fraction of sp³-hybridized carbons (Fsp3) is 0.500. The van der Waals surface area contributed by atoms with Gasteiger partial charge in [-0.25, -0.2) is 0 Å². The quantitative estimate of drug-likeness (QED) is 0.769. The van der Waals surface area contributed by atoms with Crippen LogP contribution in [0.1, 0.15) is 29.6 Å². The highest BCUT2D eigenvalue weighted by Gasteiger charge is 2.48. The van der Waals surface area contributed by atoms with Crippen LogP contribution in [0.3, 0.4) is 0 Å². The number of hydrogen-bond acceptors (Lipinski definition) is 2. The summed E-state index contributed by atoms with van der Waals surface area (Å²) in [5.74, 6) is 1.50. The number of carbonyl (C=O) groups is 1. The molecule has 2 aliphatic carbocycles. The van der Waals surface area contributed by atoms with Crippen LogP contribution in [0.15, 0.2) is 30.3 Å². The van der Waals surface area contributed by atoms with E-state index in [9.17, 15) is 4.79 Å². The monoisotopic (exact) mass is 215 g/mol. The van der Waals surface area contributed by atoms with E-state index in [0.29, 0.717) is 11.8 Å². The van der Waals surface area contributed by atoms with Crippen molar-refractivity contribution in [3.05, 3.63) is 35.9 Å². The minimum absolute atomic E-state index is 0.0844. The maximum atomic E-state index is 12.4. The molecule has 4 atom stereocenters. The third kappa shape index (κ3) is 1.40. The number of rotatable bonds is 2. The molecule has 2 saturated carbocycles. The van der Waals surface area contributed by atoms with Crippen LogP contribution in [0.25, 0.3) is 0 Å². The van der Waals surface area contributed by atoms with Gasteiger partial charge in [0.05, 0.1) is 0 Å². The van der Waals surface area contributed by atoms with E-state index in [1.807, 2.05) is 30.3 Å². The third-order valence-electron chi connectivity index (χ3n) is 4.34. The highest BCUT2D eigenvalue weighted by atomic mass is 16.1. The Morgan fingerprint density at radius 3 is 2.44 bits per heavy atom. The number of benzene rings is 1. The van der Waals surface area contributed by atoms with Crippen molar-refractivity contribution in [3.8, 4) is 0 Å². The zero-order valence-electron chi connectivity index (χ0n) is 9.30. The minimum Gasteiger partial charge on any atom is -0.327 e. The minimum atomic E-state index is 0.0844. The Kier molecular flexibility index (Phi) is 2.32. The standard InChI is InChI=1S/C14H17NO/c15-13-11-7-6-10(8-11)12(13)14(16)9-4-2-1-3-5-9/h1-5,10-13H,6-8,15H2. The fourth-order valence-corrected chi connectivity index (χ4v) is 3.52. The van der Waals surface area contributed by atoms with Crippen LogP contribution in [-0.4, -0.2) is 11.8 Å². The van der Waals surface area contributed by atoms with Crippen molar-refractivity contribution in [3.63, 3.8) is 0 Å². The Morgan fingerprint density at radius 1 is 1.12 bits per heavy atom. The van der Waals surface area contributed by atoms with Crippen molar-refractivity contribution < 1.29 is 4.79 Å². The van der Waals surface area contributed by atoms with E-state index in [1.54, 1.807) is 0 Å². The molecule has 0 aliphatic heterocycles. The molecule has 16 heavy (non-hydrogen) atoms. The molecule has 2 nitrogen and oxygen atoms in total. The van der Waals surface area contributed by atoms with Crippen LogP contribution >= 0.6 is 0 Å². The van der Waals surface area contributed by atoms with Gasteiger partial charge in [0.1, 0.15) is 0 Å². The number of carbonyl (C=O) groups excluding carboxylic acids is 1. The van der Waals surface area contributed by atoms with Gasteiger partial charge in [0.25, 0.3) is 0 Å². The Bertz CT molecular complexity index is 398. The summed E-state index contributed by atoms with van der Waals surface area (Å²) in [6, 6.07) is 9.70. The van der Waals surface area contributed by atoms with E-state index in [2.05, 4.69) is 0 Å². The molecule has 0 amide bonds. The average Bonchev–Trinajstić information content (AvgIpc) is 2.90. The molecule has 4 unspecified atom stereocenters. The topological polar surface area (TPSA) is 43.1 Å². The SMILES string of the molecule is NC1C2CCC(C2)C1C(=O)c1ccccc1. The summed E-state index contributed by atoms with van der Waals surface area (Å²) in [6.45, 7) is 0. The summed E-state index contributed by atoms with van der Waals surface area (Å²) in [6.07, 6.45) is 3.59. The Labute approximate surface area is 95.8 Å². The van der Waals surface area contributed by atoms with Gasteiger partial charge in [0.15, 0.2) is 5.78 Å². The van der Waals surface area contributed by atoms with Gasteiger partial charge < -0.3 is 5.73 Å². The van der Waals surface area contributed by atoms with E-state index in [1.165, 1.54) is 19.3 Å². The normalized spacial score (nSPS) is 36.6. The summed E-state index contributed by atoms with van der Waals surface area (Å²) in [5.41, 5.74) is 7.01. The molecular formula is C14H17NO. The van der Waals surface area contributed by atoms with E-state index in [0.717, 1.165) is 5.56 Å². The lowest BCUT2D eigenvalue weighted by atomic mass is 9.80. The molecule has 2 bridgehead atoms. The number of ketones is 1. The van der Waals surface area contributed by atoms with Gasteiger partial charge in [-0.15, -0.1) is 0 Å². The smallest absolute Gasteiger partial charge is 0.167 e. The molecule has 2 heteroatoms. The molecule has 2 N–H and O–H groups in total. The van der Waals surface area contributed by atoms with Crippen LogP contribution in [0.4, 0.5) is 0 Å². The lowest BCUT2D eigenvalue weighted by Gasteiger charge is -2.26. The van der Waals surface area contributed by atoms with Crippen molar-refractivity contribution in [1.29, 1.82) is 0 Å². The fourth-order valence-electron chi connectivity index (χ4n) is 3.52. The van der Waals surface area contributed by atoms with Crippen molar-refractivity contribution in [1.82, 2.24) is 0 Å². The summed E-state index contributed by atoms with van der Waals surface area (Å²) >= 11 is 0. The number of hydrogen-bond donors (Lipinski definition) is 1. The average molecular weight is 215 g/mol. The van der Waals surface area contributed by atoms with Crippen LogP contribution < -0.4 is 5.73 Å². The van der Waals surface area contributed by atoms with Gasteiger partial charge in [0.2, 0.25) is 0 Å². The van der Waals surface area contributed by atoms with E-state index >= 15 is 0 Å². The lowest BCUT2D eigenvalue weighted by Crippen LogP contribution is -2.40. The van der Waals surface area contributed by atoms with Crippen LogP contribution in [-0.2, 0) is 0 Å². The molecule has 0 heterocycles. The zero-order valence-corrected chi connectivity index (χ0v) is 9.30. The van der Waals surface area contributed by atoms with E-state index in [-0.39, 0.29) is 17.7 Å². The van der Waals surface area contributed by atoms with Crippen LogP contribution in [0.2, 0.25) is 0 Å². The molecule has 0 spiro atoms. The molecule has 1 aromatic rings. The largest absolute Gasteiger partial charge is 0.327 e. The number of Topliss-reactive ketones (excluding diaryl/α,β-unsaturated/α-hetero) is 1. The second kappa shape index (κ2) is 3.70. The van der Waals surface area contributed by atoms with Crippen LogP contribution in [0.5, 0.6) is 0 Å². The Morgan fingerprint density at radius 2 is 1.81 bits per heavy atom. The summed E-state index contributed by atoms with van der Waals surface area (Å²) in [5, 5.41) is 0. The molecular weight excluding hydrogens is 198 g/mol. The third-order valence-corrected chi connectivity index (χ3v) is 4.34. The van der Waals surface area contributed by atoms with Gasteiger partial charge in [-0.2, -0.15) is 0 Å². The second-order valence-corrected chi connectivity index (χ2v) is 5.17. The first-order valence-corrected chi connectivity index (χ1v) is 6.12. The molecule has 1 aromatic carbocycles. The number of nitrogens with two attached hydrogens (primary N) is 1. The second-order valence-electron chi connectivity index (χ2n) is 5.17.